The minimum atomic E-state index is -0.801. The van der Waals surface area contributed by atoms with E-state index in [1.807, 2.05) is 55.3 Å². The SMILES string of the molecule is C#C.CCOc1ccc(SN2CC[C@H](C)C2)cc1.O=C(O)Cc1c[nH]c2ccccc12. The monoisotopic (exact) mass is 438 g/mol. The summed E-state index contributed by atoms with van der Waals surface area (Å²) in [4.78, 5) is 14.8. The smallest absolute Gasteiger partial charge is 0.307 e. The van der Waals surface area contributed by atoms with Crippen LogP contribution in [0.4, 0.5) is 0 Å². The highest BCUT2D eigenvalue weighted by atomic mass is 32.2. The summed E-state index contributed by atoms with van der Waals surface area (Å²) in [6, 6.07) is 16.0. The van der Waals surface area contributed by atoms with E-state index in [2.05, 4.69) is 41.2 Å². The van der Waals surface area contributed by atoms with Gasteiger partial charge in [0.15, 0.2) is 0 Å². The molecule has 0 amide bonds. The number of carbonyl (C=O) groups is 1. The molecule has 1 aliphatic rings. The number of para-hydroxylation sites is 1. The van der Waals surface area contributed by atoms with Gasteiger partial charge in [0.05, 0.1) is 13.0 Å². The molecular formula is C25H30N2O3S. The molecule has 1 atom stereocenters. The van der Waals surface area contributed by atoms with Crippen LogP contribution in [0, 0.1) is 18.8 Å². The maximum absolute atomic E-state index is 10.5. The number of hydrogen-bond acceptors (Lipinski definition) is 4. The fourth-order valence-electron chi connectivity index (χ4n) is 3.33. The molecule has 1 aliphatic heterocycles. The molecule has 0 radical (unpaired) electrons. The van der Waals surface area contributed by atoms with Crippen LogP contribution >= 0.6 is 11.9 Å². The van der Waals surface area contributed by atoms with E-state index < -0.39 is 5.97 Å². The molecule has 4 rings (SSSR count). The van der Waals surface area contributed by atoms with E-state index in [0.29, 0.717) is 0 Å². The molecule has 0 saturated carbocycles. The molecule has 31 heavy (non-hydrogen) atoms. The molecule has 5 nitrogen and oxygen atoms in total. The molecule has 1 saturated heterocycles. The molecule has 6 heteroatoms. The number of terminal acetylenes is 1. The van der Waals surface area contributed by atoms with Crippen LogP contribution in [0.15, 0.2) is 59.6 Å². The zero-order valence-electron chi connectivity index (χ0n) is 18.1. The van der Waals surface area contributed by atoms with Gasteiger partial charge in [-0.1, -0.05) is 25.1 Å². The molecule has 2 N–H and O–H groups in total. The number of aromatic nitrogens is 1. The van der Waals surface area contributed by atoms with Gasteiger partial charge in [0.1, 0.15) is 5.75 Å². The fraction of sp³-hybridized carbons (Fsp3) is 0.320. The molecule has 3 aromatic rings. The second-order valence-corrected chi connectivity index (χ2v) is 8.38. The number of aromatic amines is 1. The normalized spacial score (nSPS) is 15.4. The molecule has 2 heterocycles. The highest BCUT2D eigenvalue weighted by molar-refractivity contribution is 7.97. The highest BCUT2D eigenvalue weighted by Crippen LogP contribution is 2.29. The summed E-state index contributed by atoms with van der Waals surface area (Å²) in [5.74, 6) is 1.00. The van der Waals surface area contributed by atoms with Crippen LogP contribution in [0.1, 0.15) is 25.8 Å². The standard InChI is InChI=1S/C13H19NOS.C10H9NO2.C2H2/c1-3-15-12-4-6-13(7-5-12)16-14-9-8-11(2)10-14;12-10(13)5-7-6-11-9-4-2-1-3-8(7)9;1-2/h4-7,11H,3,8-10H2,1-2H3;1-4,6,11H,5H2,(H,12,13);1-2H/t11-;;/m0../s1. The van der Waals surface area contributed by atoms with Gasteiger partial charge >= 0.3 is 5.97 Å². The van der Waals surface area contributed by atoms with Gasteiger partial charge in [-0.2, -0.15) is 0 Å². The van der Waals surface area contributed by atoms with Gasteiger partial charge in [0.25, 0.3) is 0 Å². The minimum absolute atomic E-state index is 0.0734. The molecule has 1 aromatic heterocycles. The van der Waals surface area contributed by atoms with Crippen molar-refractivity contribution in [1.29, 1.82) is 0 Å². The summed E-state index contributed by atoms with van der Waals surface area (Å²) in [5, 5.41) is 9.62. The molecular weight excluding hydrogens is 408 g/mol. The summed E-state index contributed by atoms with van der Waals surface area (Å²) in [5.41, 5.74) is 1.82. The largest absolute Gasteiger partial charge is 0.494 e. The molecule has 0 bridgehead atoms. The Morgan fingerprint density at radius 1 is 1.23 bits per heavy atom. The van der Waals surface area contributed by atoms with E-state index in [0.717, 1.165) is 34.7 Å². The van der Waals surface area contributed by atoms with Crippen LogP contribution in [0.2, 0.25) is 0 Å². The topological polar surface area (TPSA) is 65.6 Å². The zero-order valence-corrected chi connectivity index (χ0v) is 18.9. The Balaban J connectivity index is 0.000000208. The maximum atomic E-state index is 10.5. The first-order chi connectivity index (χ1) is 15.0. The van der Waals surface area contributed by atoms with Crippen LogP contribution in [-0.2, 0) is 11.2 Å². The van der Waals surface area contributed by atoms with E-state index in [-0.39, 0.29) is 6.42 Å². The van der Waals surface area contributed by atoms with E-state index in [4.69, 9.17) is 9.84 Å². The van der Waals surface area contributed by atoms with Crippen LogP contribution in [0.3, 0.4) is 0 Å². The van der Waals surface area contributed by atoms with Gasteiger partial charge in [-0.25, -0.2) is 4.31 Å². The lowest BCUT2D eigenvalue weighted by Gasteiger charge is -2.14. The quantitative estimate of drug-likeness (QED) is 0.394. The van der Waals surface area contributed by atoms with Gasteiger partial charge < -0.3 is 14.8 Å². The van der Waals surface area contributed by atoms with Crippen molar-refractivity contribution in [3.8, 4) is 18.6 Å². The third-order valence-corrected chi connectivity index (χ3v) is 5.85. The first kappa shape index (κ1) is 24.4. The predicted molar refractivity (Wildman–Crippen MR) is 128 cm³/mol. The Labute approximate surface area is 188 Å². The molecule has 0 aliphatic carbocycles. The minimum Gasteiger partial charge on any atom is -0.494 e. The Bertz CT molecular complexity index is 966. The second-order valence-electron chi connectivity index (χ2n) is 7.21. The molecule has 164 valence electrons. The highest BCUT2D eigenvalue weighted by Gasteiger charge is 2.19. The summed E-state index contributed by atoms with van der Waals surface area (Å²) in [6.07, 6.45) is 11.1. The predicted octanol–water partition coefficient (Wildman–Crippen LogP) is 5.48. The van der Waals surface area contributed by atoms with Crippen molar-refractivity contribution in [1.82, 2.24) is 9.29 Å². The van der Waals surface area contributed by atoms with Crippen molar-refractivity contribution in [3.05, 3.63) is 60.3 Å². The molecule has 1 fully saturated rings. The number of H-pyrrole nitrogens is 1. The summed E-state index contributed by atoms with van der Waals surface area (Å²) in [6.45, 7) is 7.47. The van der Waals surface area contributed by atoms with Gasteiger partial charge in [-0.15, -0.1) is 12.8 Å². The lowest BCUT2D eigenvalue weighted by Crippen LogP contribution is -2.10. The second kappa shape index (κ2) is 12.7. The van der Waals surface area contributed by atoms with Crippen LogP contribution < -0.4 is 4.74 Å². The lowest BCUT2D eigenvalue weighted by molar-refractivity contribution is -0.136. The number of fused-ring (bicyclic) bond motifs is 1. The van der Waals surface area contributed by atoms with Gasteiger partial charge in [-0.05, 0) is 67.1 Å². The molecule has 2 aromatic carbocycles. The summed E-state index contributed by atoms with van der Waals surface area (Å²) < 4.78 is 7.87. The number of carboxylic acid groups (broad SMARTS) is 1. The Morgan fingerprint density at radius 2 is 1.94 bits per heavy atom. The third kappa shape index (κ3) is 7.71. The number of benzene rings is 2. The average molecular weight is 439 g/mol. The van der Waals surface area contributed by atoms with Gasteiger partial charge in [0, 0.05) is 35.1 Å². The Hall–Kier alpha value is -2.88. The van der Waals surface area contributed by atoms with E-state index in [1.54, 1.807) is 6.20 Å². The van der Waals surface area contributed by atoms with Gasteiger partial charge in [0.2, 0.25) is 0 Å². The lowest BCUT2D eigenvalue weighted by atomic mass is 10.1. The number of aliphatic carboxylic acids is 1. The Morgan fingerprint density at radius 3 is 2.55 bits per heavy atom. The Kier molecular flexibility index (Phi) is 10.0. The first-order valence-corrected chi connectivity index (χ1v) is 11.1. The van der Waals surface area contributed by atoms with E-state index in [9.17, 15) is 4.79 Å². The van der Waals surface area contributed by atoms with Crippen molar-refractivity contribution in [2.75, 3.05) is 19.7 Å². The van der Waals surface area contributed by atoms with Crippen molar-refractivity contribution < 1.29 is 14.6 Å². The average Bonchev–Trinajstić information content (AvgIpc) is 3.37. The van der Waals surface area contributed by atoms with Crippen molar-refractivity contribution in [3.63, 3.8) is 0 Å². The summed E-state index contributed by atoms with van der Waals surface area (Å²) >= 11 is 1.86. The number of ether oxygens (including phenoxy) is 1. The fourth-order valence-corrected chi connectivity index (χ4v) is 4.41. The molecule has 0 unspecified atom stereocenters. The van der Waals surface area contributed by atoms with Crippen LogP contribution in [-0.4, -0.2) is 40.1 Å². The number of nitrogens with zero attached hydrogens (tertiary/aromatic N) is 1. The van der Waals surface area contributed by atoms with Gasteiger partial charge in [-0.3, -0.25) is 4.79 Å². The third-order valence-electron chi connectivity index (χ3n) is 4.77. The number of rotatable bonds is 6. The molecule has 0 spiro atoms. The number of nitrogens with one attached hydrogen (secondary N) is 1. The zero-order chi connectivity index (χ0) is 22.6. The van der Waals surface area contributed by atoms with Crippen molar-refractivity contribution >= 4 is 28.8 Å². The van der Waals surface area contributed by atoms with E-state index >= 15 is 0 Å². The number of carboxylic acids is 1. The van der Waals surface area contributed by atoms with Crippen molar-refractivity contribution in [2.45, 2.75) is 31.6 Å². The summed E-state index contributed by atoms with van der Waals surface area (Å²) in [7, 11) is 0. The number of hydrogen-bond donors (Lipinski definition) is 2. The maximum Gasteiger partial charge on any atom is 0.307 e. The van der Waals surface area contributed by atoms with Crippen LogP contribution in [0.25, 0.3) is 10.9 Å². The van der Waals surface area contributed by atoms with Crippen LogP contribution in [0.5, 0.6) is 5.75 Å². The first-order valence-electron chi connectivity index (χ1n) is 10.3. The van der Waals surface area contributed by atoms with Crippen molar-refractivity contribution in [2.24, 2.45) is 5.92 Å². The van der Waals surface area contributed by atoms with E-state index in [1.165, 1.54) is 24.4 Å².